The first-order valence-electron chi connectivity index (χ1n) is 9.36. The zero-order valence-corrected chi connectivity index (χ0v) is 15.8. The van der Waals surface area contributed by atoms with Crippen molar-refractivity contribution in [2.45, 2.75) is 25.4 Å². The minimum absolute atomic E-state index is 0.0540. The summed E-state index contributed by atoms with van der Waals surface area (Å²) in [7, 11) is 0. The molecule has 3 rings (SSSR count). The van der Waals surface area contributed by atoms with Gasteiger partial charge in [0.1, 0.15) is 12.4 Å². The monoisotopic (exact) mass is 372 g/mol. The summed E-state index contributed by atoms with van der Waals surface area (Å²) in [6.07, 6.45) is 0.607. The van der Waals surface area contributed by atoms with E-state index < -0.39 is 5.97 Å². The van der Waals surface area contributed by atoms with Crippen LogP contribution in [0.5, 0.6) is 5.75 Å². The van der Waals surface area contributed by atoms with Gasteiger partial charge in [-0.1, -0.05) is 79.4 Å². The Morgan fingerprint density at radius 3 is 2.29 bits per heavy atom. The van der Waals surface area contributed by atoms with Crippen molar-refractivity contribution in [1.29, 1.82) is 0 Å². The second-order valence-electron chi connectivity index (χ2n) is 6.72. The van der Waals surface area contributed by atoms with Gasteiger partial charge in [-0.3, -0.25) is 4.79 Å². The fourth-order valence-corrected chi connectivity index (χ4v) is 3.22. The fraction of sp³-hybridized carbons (Fsp3) is 0.160. The van der Waals surface area contributed by atoms with E-state index in [1.807, 2.05) is 84.9 Å². The maximum atomic E-state index is 11.1. The molecule has 0 saturated heterocycles. The largest absolute Gasteiger partial charge is 0.489 e. The van der Waals surface area contributed by atoms with Crippen LogP contribution in [0.3, 0.4) is 0 Å². The molecule has 0 spiro atoms. The zero-order chi connectivity index (χ0) is 19.8. The van der Waals surface area contributed by atoms with Gasteiger partial charge >= 0.3 is 5.97 Å². The lowest BCUT2D eigenvalue weighted by molar-refractivity contribution is -0.137. The Hall–Kier alpha value is -3.33. The van der Waals surface area contributed by atoms with E-state index in [0.29, 0.717) is 13.0 Å². The molecular weight excluding hydrogens is 348 g/mol. The standard InChI is InChI=1S/C25H24O3/c1-19(24(15-16-25(26)27)21-11-6-3-7-12-21)22-13-8-14-23(17-22)28-18-20-9-4-2-5-10-20/h2-14,17,24H,1,15-16,18H2,(H,26,27)/t24-/m1/s1. The lowest BCUT2D eigenvalue weighted by Crippen LogP contribution is -2.05. The highest BCUT2D eigenvalue weighted by molar-refractivity contribution is 5.72. The molecule has 0 bridgehead atoms. The van der Waals surface area contributed by atoms with E-state index in [1.54, 1.807) is 0 Å². The average Bonchev–Trinajstić information content (AvgIpc) is 2.74. The smallest absolute Gasteiger partial charge is 0.303 e. The third-order valence-electron chi connectivity index (χ3n) is 4.72. The van der Waals surface area contributed by atoms with Gasteiger partial charge in [-0.2, -0.15) is 0 Å². The van der Waals surface area contributed by atoms with Gasteiger partial charge in [-0.25, -0.2) is 0 Å². The number of carboxylic acid groups (broad SMARTS) is 1. The molecule has 0 aliphatic heterocycles. The summed E-state index contributed by atoms with van der Waals surface area (Å²) in [6.45, 7) is 4.79. The van der Waals surface area contributed by atoms with Gasteiger partial charge in [0.2, 0.25) is 0 Å². The van der Waals surface area contributed by atoms with Gasteiger partial charge < -0.3 is 9.84 Å². The highest BCUT2D eigenvalue weighted by Crippen LogP contribution is 2.35. The molecule has 3 heteroatoms. The van der Waals surface area contributed by atoms with E-state index in [1.165, 1.54) is 0 Å². The first-order valence-corrected chi connectivity index (χ1v) is 9.36. The Kier molecular flexibility index (Phi) is 6.64. The van der Waals surface area contributed by atoms with Crippen molar-refractivity contribution in [3.8, 4) is 5.75 Å². The maximum absolute atomic E-state index is 11.1. The molecule has 28 heavy (non-hydrogen) atoms. The molecule has 0 amide bonds. The van der Waals surface area contributed by atoms with Crippen LogP contribution in [-0.4, -0.2) is 11.1 Å². The van der Waals surface area contributed by atoms with Gasteiger partial charge in [0.15, 0.2) is 0 Å². The van der Waals surface area contributed by atoms with Crippen LogP contribution in [0, 0.1) is 0 Å². The molecule has 142 valence electrons. The van der Waals surface area contributed by atoms with Crippen LogP contribution in [-0.2, 0) is 11.4 Å². The molecule has 1 atom stereocenters. The molecule has 3 nitrogen and oxygen atoms in total. The predicted molar refractivity (Wildman–Crippen MR) is 112 cm³/mol. The molecule has 1 N–H and O–H groups in total. The van der Waals surface area contributed by atoms with Crippen molar-refractivity contribution in [1.82, 2.24) is 0 Å². The number of benzene rings is 3. The number of carbonyl (C=O) groups is 1. The zero-order valence-electron chi connectivity index (χ0n) is 15.8. The van der Waals surface area contributed by atoms with Crippen LogP contribution in [0.1, 0.15) is 35.4 Å². The van der Waals surface area contributed by atoms with Crippen molar-refractivity contribution >= 4 is 11.5 Å². The fourth-order valence-electron chi connectivity index (χ4n) is 3.22. The van der Waals surface area contributed by atoms with Crippen molar-refractivity contribution in [2.24, 2.45) is 0 Å². The molecule has 0 fully saturated rings. The summed E-state index contributed by atoms with van der Waals surface area (Å²) < 4.78 is 5.93. The minimum Gasteiger partial charge on any atom is -0.489 e. The summed E-state index contributed by atoms with van der Waals surface area (Å²) in [5, 5.41) is 9.13. The molecule has 0 aliphatic carbocycles. The van der Waals surface area contributed by atoms with E-state index >= 15 is 0 Å². The van der Waals surface area contributed by atoms with E-state index in [9.17, 15) is 4.79 Å². The molecule has 0 radical (unpaired) electrons. The number of carboxylic acids is 1. The van der Waals surface area contributed by atoms with Gasteiger partial charge in [0, 0.05) is 12.3 Å². The SMILES string of the molecule is C=C(c1cccc(OCc2ccccc2)c1)[C@@H](CCC(=O)O)c1ccccc1. The molecule has 0 heterocycles. The lowest BCUT2D eigenvalue weighted by Gasteiger charge is -2.20. The Labute approximate surface area is 165 Å². The Morgan fingerprint density at radius 2 is 1.61 bits per heavy atom. The van der Waals surface area contributed by atoms with Crippen LogP contribution < -0.4 is 4.74 Å². The molecule has 0 aliphatic rings. The van der Waals surface area contributed by atoms with Crippen molar-refractivity contribution in [2.75, 3.05) is 0 Å². The van der Waals surface area contributed by atoms with Crippen molar-refractivity contribution < 1.29 is 14.6 Å². The van der Waals surface area contributed by atoms with Gasteiger partial charge in [-0.05, 0) is 40.8 Å². The first kappa shape index (κ1) is 19.4. The number of aliphatic carboxylic acids is 1. The number of hydrogen-bond donors (Lipinski definition) is 1. The first-order chi connectivity index (χ1) is 13.6. The predicted octanol–water partition coefficient (Wildman–Crippen LogP) is 5.93. The molecule has 0 unspecified atom stereocenters. The summed E-state index contributed by atoms with van der Waals surface area (Å²) in [4.78, 5) is 11.1. The highest BCUT2D eigenvalue weighted by atomic mass is 16.5. The third kappa shape index (κ3) is 5.34. The maximum Gasteiger partial charge on any atom is 0.303 e. The molecule has 3 aromatic carbocycles. The van der Waals surface area contributed by atoms with Crippen molar-refractivity contribution in [3.63, 3.8) is 0 Å². The van der Waals surface area contributed by atoms with Gasteiger partial charge in [0.25, 0.3) is 0 Å². The highest BCUT2D eigenvalue weighted by Gasteiger charge is 2.18. The van der Waals surface area contributed by atoms with E-state index in [4.69, 9.17) is 9.84 Å². The number of rotatable bonds is 9. The summed E-state index contributed by atoms with van der Waals surface area (Å²) in [5.41, 5.74) is 4.04. The summed E-state index contributed by atoms with van der Waals surface area (Å²) in [5.74, 6) is -0.0806. The van der Waals surface area contributed by atoms with Gasteiger partial charge in [-0.15, -0.1) is 0 Å². The van der Waals surface area contributed by atoms with Crippen LogP contribution in [0.15, 0.2) is 91.5 Å². The third-order valence-corrected chi connectivity index (χ3v) is 4.72. The van der Waals surface area contributed by atoms with Crippen LogP contribution in [0.25, 0.3) is 5.57 Å². The molecule has 0 saturated carbocycles. The van der Waals surface area contributed by atoms with E-state index in [2.05, 4.69) is 6.58 Å². The average molecular weight is 372 g/mol. The van der Waals surface area contributed by atoms with Crippen LogP contribution >= 0.6 is 0 Å². The lowest BCUT2D eigenvalue weighted by atomic mass is 9.84. The molecule has 0 aromatic heterocycles. The molecule has 3 aromatic rings. The number of ether oxygens (including phenoxy) is 1. The Morgan fingerprint density at radius 1 is 0.929 bits per heavy atom. The van der Waals surface area contributed by atoms with E-state index in [-0.39, 0.29) is 12.3 Å². The van der Waals surface area contributed by atoms with Crippen LogP contribution in [0.2, 0.25) is 0 Å². The van der Waals surface area contributed by atoms with Crippen LogP contribution in [0.4, 0.5) is 0 Å². The number of allylic oxidation sites excluding steroid dienone is 1. The van der Waals surface area contributed by atoms with Crippen molar-refractivity contribution in [3.05, 3.63) is 108 Å². The Balaban J connectivity index is 1.77. The topological polar surface area (TPSA) is 46.5 Å². The quantitative estimate of drug-likeness (QED) is 0.506. The molecular formula is C25H24O3. The summed E-state index contributed by atoms with van der Waals surface area (Å²) >= 11 is 0. The minimum atomic E-state index is -0.798. The Bertz CT molecular complexity index is 917. The van der Waals surface area contributed by atoms with Gasteiger partial charge in [0.05, 0.1) is 0 Å². The second kappa shape index (κ2) is 9.56. The second-order valence-corrected chi connectivity index (χ2v) is 6.72. The van der Waals surface area contributed by atoms with E-state index in [0.717, 1.165) is 28.0 Å². The normalized spacial score (nSPS) is 11.6. The summed E-state index contributed by atoms with van der Waals surface area (Å²) in [6, 6.07) is 27.8. The number of hydrogen-bond acceptors (Lipinski definition) is 2.